The van der Waals surface area contributed by atoms with E-state index >= 15 is 0 Å². The smallest absolute Gasteiger partial charge is 0.325 e. The SMILES string of the molecule is Cc1ccncc1NC(=O)NC(=O)CC(C)CC(=O)O. The van der Waals surface area contributed by atoms with Crippen molar-refractivity contribution in [2.24, 2.45) is 5.92 Å². The molecule has 0 aliphatic carbocycles. The third kappa shape index (κ3) is 5.47. The van der Waals surface area contributed by atoms with Crippen molar-refractivity contribution in [3.8, 4) is 0 Å². The van der Waals surface area contributed by atoms with Gasteiger partial charge < -0.3 is 10.4 Å². The van der Waals surface area contributed by atoms with Crippen LogP contribution in [0.15, 0.2) is 18.5 Å². The predicted octanol–water partition coefficient (Wildman–Crippen LogP) is 1.54. The van der Waals surface area contributed by atoms with Crippen molar-refractivity contribution in [2.75, 3.05) is 5.32 Å². The van der Waals surface area contributed by atoms with Crippen LogP contribution in [0.5, 0.6) is 0 Å². The van der Waals surface area contributed by atoms with Crippen molar-refractivity contribution < 1.29 is 19.5 Å². The molecular formula is C13H17N3O4. The summed E-state index contributed by atoms with van der Waals surface area (Å²) < 4.78 is 0. The predicted molar refractivity (Wildman–Crippen MR) is 72.2 cm³/mol. The number of rotatable bonds is 5. The Hall–Kier alpha value is -2.44. The van der Waals surface area contributed by atoms with Crippen LogP contribution in [0.1, 0.15) is 25.3 Å². The molecule has 1 heterocycles. The molecule has 1 rings (SSSR count). The van der Waals surface area contributed by atoms with Crippen molar-refractivity contribution in [2.45, 2.75) is 26.7 Å². The molecule has 0 saturated heterocycles. The number of nitrogens with zero attached hydrogens (tertiary/aromatic N) is 1. The van der Waals surface area contributed by atoms with Crippen molar-refractivity contribution in [1.29, 1.82) is 0 Å². The van der Waals surface area contributed by atoms with E-state index in [2.05, 4.69) is 15.6 Å². The molecule has 1 atom stereocenters. The Balaban J connectivity index is 2.44. The number of amides is 3. The van der Waals surface area contributed by atoms with Crippen LogP contribution < -0.4 is 10.6 Å². The Morgan fingerprint density at radius 1 is 1.35 bits per heavy atom. The largest absolute Gasteiger partial charge is 0.481 e. The lowest BCUT2D eigenvalue weighted by molar-refractivity contribution is -0.138. The zero-order valence-electron chi connectivity index (χ0n) is 11.3. The van der Waals surface area contributed by atoms with Crippen LogP contribution in [0, 0.1) is 12.8 Å². The van der Waals surface area contributed by atoms with Gasteiger partial charge in [0.2, 0.25) is 5.91 Å². The van der Waals surface area contributed by atoms with Crippen LogP contribution in [0.25, 0.3) is 0 Å². The van der Waals surface area contributed by atoms with Gasteiger partial charge in [-0.15, -0.1) is 0 Å². The van der Waals surface area contributed by atoms with Gasteiger partial charge in [-0.3, -0.25) is 19.9 Å². The van der Waals surface area contributed by atoms with Gasteiger partial charge in [0.25, 0.3) is 0 Å². The standard InChI is InChI=1S/C13H17N3O4/c1-8(6-12(18)19)5-11(17)16-13(20)15-10-7-14-4-3-9(10)2/h3-4,7-8H,5-6H2,1-2H3,(H,18,19)(H2,15,16,17,20). The number of nitrogens with one attached hydrogen (secondary N) is 2. The second-order valence-electron chi connectivity index (χ2n) is 4.60. The van der Waals surface area contributed by atoms with E-state index in [-0.39, 0.29) is 18.8 Å². The molecule has 20 heavy (non-hydrogen) atoms. The number of aryl methyl sites for hydroxylation is 1. The van der Waals surface area contributed by atoms with Gasteiger partial charge in [-0.1, -0.05) is 6.92 Å². The Labute approximate surface area is 116 Å². The summed E-state index contributed by atoms with van der Waals surface area (Å²) in [7, 11) is 0. The minimum Gasteiger partial charge on any atom is -0.481 e. The van der Waals surface area contributed by atoms with Gasteiger partial charge in [-0.25, -0.2) is 4.79 Å². The van der Waals surface area contributed by atoms with Crippen molar-refractivity contribution in [3.05, 3.63) is 24.0 Å². The fraction of sp³-hybridized carbons (Fsp3) is 0.385. The van der Waals surface area contributed by atoms with Crippen LogP contribution in [0.2, 0.25) is 0 Å². The van der Waals surface area contributed by atoms with Gasteiger partial charge >= 0.3 is 12.0 Å². The van der Waals surface area contributed by atoms with Gasteiger partial charge in [0.1, 0.15) is 0 Å². The number of aromatic nitrogens is 1. The molecule has 0 spiro atoms. The van der Waals surface area contributed by atoms with Crippen LogP contribution in [-0.2, 0) is 9.59 Å². The number of aliphatic carboxylic acids is 1. The average molecular weight is 279 g/mol. The summed E-state index contributed by atoms with van der Waals surface area (Å²) in [6, 6.07) is 1.07. The molecule has 3 N–H and O–H groups in total. The van der Waals surface area contributed by atoms with Crippen molar-refractivity contribution in [1.82, 2.24) is 10.3 Å². The molecule has 0 aromatic carbocycles. The molecule has 1 aromatic rings. The molecule has 0 aliphatic rings. The second kappa shape index (κ2) is 7.22. The van der Waals surface area contributed by atoms with Crippen LogP contribution in [0.3, 0.4) is 0 Å². The van der Waals surface area contributed by atoms with E-state index in [1.807, 2.05) is 0 Å². The number of carboxylic acids is 1. The van der Waals surface area contributed by atoms with E-state index in [0.29, 0.717) is 5.69 Å². The number of hydrogen-bond donors (Lipinski definition) is 3. The van der Waals surface area contributed by atoms with E-state index in [0.717, 1.165) is 5.56 Å². The van der Waals surface area contributed by atoms with E-state index in [4.69, 9.17) is 5.11 Å². The highest BCUT2D eigenvalue weighted by Gasteiger charge is 2.15. The van der Waals surface area contributed by atoms with Gasteiger partial charge in [0.05, 0.1) is 11.9 Å². The lowest BCUT2D eigenvalue weighted by Crippen LogP contribution is -2.35. The van der Waals surface area contributed by atoms with E-state index < -0.39 is 17.9 Å². The highest BCUT2D eigenvalue weighted by molar-refractivity contribution is 6.01. The summed E-state index contributed by atoms with van der Waals surface area (Å²) in [5, 5.41) is 13.2. The monoisotopic (exact) mass is 279 g/mol. The third-order valence-corrected chi connectivity index (χ3v) is 2.60. The summed E-state index contributed by atoms with van der Waals surface area (Å²) in [5.41, 5.74) is 1.33. The molecule has 108 valence electrons. The van der Waals surface area contributed by atoms with Crippen LogP contribution >= 0.6 is 0 Å². The molecule has 1 unspecified atom stereocenters. The maximum atomic E-state index is 11.6. The van der Waals surface area contributed by atoms with Crippen molar-refractivity contribution in [3.63, 3.8) is 0 Å². The highest BCUT2D eigenvalue weighted by Crippen LogP contribution is 2.11. The van der Waals surface area contributed by atoms with Crippen LogP contribution in [0.4, 0.5) is 10.5 Å². The number of carbonyl (C=O) groups excluding carboxylic acids is 2. The lowest BCUT2D eigenvalue weighted by atomic mass is 10.0. The quantitative estimate of drug-likeness (QED) is 0.757. The van der Waals surface area contributed by atoms with Gasteiger partial charge in [-0.2, -0.15) is 0 Å². The third-order valence-electron chi connectivity index (χ3n) is 2.60. The summed E-state index contributed by atoms with van der Waals surface area (Å²) in [6.07, 6.45) is 2.94. The number of hydrogen-bond acceptors (Lipinski definition) is 4. The zero-order valence-corrected chi connectivity index (χ0v) is 11.3. The van der Waals surface area contributed by atoms with Crippen molar-refractivity contribution >= 4 is 23.6 Å². The number of carbonyl (C=O) groups is 3. The Morgan fingerprint density at radius 2 is 2.05 bits per heavy atom. The average Bonchev–Trinajstić information content (AvgIpc) is 2.30. The molecule has 0 radical (unpaired) electrons. The second-order valence-corrected chi connectivity index (χ2v) is 4.60. The molecule has 0 aliphatic heterocycles. The topological polar surface area (TPSA) is 108 Å². The normalized spacial score (nSPS) is 11.5. The minimum absolute atomic E-state index is 0.0221. The summed E-state index contributed by atoms with van der Waals surface area (Å²) >= 11 is 0. The number of imide groups is 1. The van der Waals surface area contributed by atoms with E-state index in [1.165, 1.54) is 6.20 Å². The number of pyridine rings is 1. The van der Waals surface area contributed by atoms with Gasteiger partial charge in [-0.05, 0) is 24.5 Å². The first-order chi connectivity index (χ1) is 9.38. The molecule has 0 fully saturated rings. The molecule has 1 aromatic heterocycles. The summed E-state index contributed by atoms with van der Waals surface area (Å²) in [5.74, 6) is -1.82. The minimum atomic E-state index is -0.972. The number of carboxylic acid groups (broad SMARTS) is 1. The highest BCUT2D eigenvalue weighted by atomic mass is 16.4. The van der Waals surface area contributed by atoms with Gasteiger partial charge in [0.15, 0.2) is 0 Å². The number of anilines is 1. The van der Waals surface area contributed by atoms with E-state index in [9.17, 15) is 14.4 Å². The fourth-order valence-corrected chi connectivity index (χ4v) is 1.61. The first-order valence-electron chi connectivity index (χ1n) is 6.11. The zero-order chi connectivity index (χ0) is 15.1. The summed E-state index contributed by atoms with van der Waals surface area (Å²) in [6.45, 7) is 3.44. The maximum absolute atomic E-state index is 11.6. The summed E-state index contributed by atoms with van der Waals surface area (Å²) in [4.78, 5) is 37.5. The number of urea groups is 1. The Morgan fingerprint density at radius 3 is 2.65 bits per heavy atom. The lowest BCUT2D eigenvalue weighted by Gasteiger charge is -2.10. The molecule has 0 saturated carbocycles. The molecule has 3 amide bonds. The first-order valence-corrected chi connectivity index (χ1v) is 6.11. The van der Waals surface area contributed by atoms with Crippen LogP contribution in [-0.4, -0.2) is 28.0 Å². The fourth-order valence-electron chi connectivity index (χ4n) is 1.61. The van der Waals surface area contributed by atoms with E-state index in [1.54, 1.807) is 26.1 Å². The Bertz CT molecular complexity index is 516. The maximum Gasteiger partial charge on any atom is 0.325 e. The molecule has 0 bridgehead atoms. The molecular weight excluding hydrogens is 262 g/mol. The molecule has 7 nitrogen and oxygen atoms in total. The first kappa shape index (κ1) is 15.6. The van der Waals surface area contributed by atoms with Gasteiger partial charge in [0, 0.05) is 19.0 Å². The Kier molecular flexibility index (Phi) is 5.64. The molecule has 7 heteroatoms.